The number of hydrogen-bond acceptors (Lipinski definition) is 9. The minimum Gasteiger partial charge on any atom is -0.490 e. The molecule has 1 fully saturated rings. The number of aliphatic hydroxyl groups is 2. The molecule has 2 aromatic heterocycles. The van der Waals surface area contributed by atoms with E-state index in [4.69, 9.17) is 23.4 Å². The van der Waals surface area contributed by atoms with Crippen LogP contribution in [-0.2, 0) is 9.47 Å². The number of amides is 1. The highest BCUT2D eigenvalue weighted by atomic mass is 16.7. The first-order chi connectivity index (χ1) is 19.5. The molecule has 0 bridgehead atoms. The minimum atomic E-state index is -1.43. The Morgan fingerprint density at radius 1 is 1.12 bits per heavy atom. The fourth-order valence-electron chi connectivity index (χ4n) is 5.14. The van der Waals surface area contributed by atoms with Gasteiger partial charge in [-0.3, -0.25) is 4.79 Å². The summed E-state index contributed by atoms with van der Waals surface area (Å²) < 4.78 is 29.0. The monoisotopic (exact) mass is 566 g/mol. The Labute approximate surface area is 236 Å². The molecule has 1 aliphatic heterocycles. The molecule has 11 nitrogen and oxygen atoms in total. The first-order valence-corrected chi connectivity index (χ1v) is 13.4. The summed E-state index contributed by atoms with van der Waals surface area (Å²) in [5, 5.41) is 25.4. The zero-order chi connectivity index (χ0) is 29.5. The number of aliphatic hydroxyl groups excluding tert-OH is 2. The number of aromatic nitrogens is 1. The van der Waals surface area contributed by atoms with Crippen LogP contribution in [0.15, 0.2) is 51.7 Å². The summed E-state index contributed by atoms with van der Waals surface area (Å²) in [5.41, 5.74) is -0.0793. The maximum Gasteiger partial charge on any atom is 0.360 e. The van der Waals surface area contributed by atoms with Crippen LogP contribution in [0.4, 0.5) is 5.69 Å². The molecule has 1 amide bonds. The summed E-state index contributed by atoms with van der Waals surface area (Å²) in [4.78, 5) is 28.9. The summed E-state index contributed by atoms with van der Waals surface area (Å²) in [6.45, 7) is 7.42. The number of benzene rings is 2. The summed E-state index contributed by atoms with van der Waals surface area (Å²) in [6.07, 6.45) is -4.07. The number of rotatable bonds is 8. The van der Waals surface area contributed by atoms with Gasteiger partial charge in [-0.15, -0.1) is 0 Å². The van der Waals surface area contributed by atoms with E-state index in [1.807, 2.05) is 31.2 Å². The number of methoxy groups -OCH3 is 1. The largest absolute Gasteiger partial charge is 0.490 e. The first kappa shape index (κ1) is 28.6. The molecule has 4 N–H and O–H groups in total. The summed E-state index contributed by atoms with van der Waals surface area (Å²) in [7, 11) is 1.43. The van der Waals surface area contributed by atoms with Gasteiger partial charge in [0.2, 0.25) is 6.29 Å². The molecular weight excluding hydrogens is 532 g/mol. The molecule has 4 atom stereocenters. The molecule has 4 aromatic rings. The quantitative estimate of drug-likeness (QED) is 0.233. The SMILES string of the molecule is CCCOc1cc2cc(NC(=O)c3cc4ccccc4[nH]3)c(=O)oc2c(C)c1O[C@@H]1OC(C)(C)C(OC)C(O)C1O. The highest BCUT2D eigenvalue weighted by Gasteiger charge is 2.50. The summed E-state index contributed by atoms with van der Waals surface area (Å²) in [6, 6.07) is 12.3. The molecule has 1 aliphatic rings. The number of carbonyl (C=O) groups excluding carboxylic acids is 1. The molecule has 0 aliphatic carbocycles. The van der Waals surface area contributed by atoms with Crippen LogP contribution < -0.4 is 20.4 Å². The second-order valence-electron chi connectivity index (χ2n) is 10.6. The van der Waals surface area contributed by atoms with Crippen molar-refractivity contribution < 1.29 is 38.4 Å². The Morgan fingerprint density at radius 3 is 2.59 bits per heavy atom. The Hall–Kier alpha value is -3.90. The number of hydrogen-bond donors (Lipinski definition) is 4. The standard InChI is InChI=1S/C30H34N2O9/c1-6-11-38-21-14-17-13-20(32-27(35)19-12-16-9-7-8-10-18(16)31-19)28(36)39-24(17)15(2)25(21)40-29-23(34)22(33)26(37-5)30(3,4)41-29/h7-10,12-14,22-23,26,29,31,33-34H,6,11H2,1-5H3,(H,32,35)/t22?,23?,26?,29-/m1/s1. The zero-order valence-corrected chi connectivity index (χ0v) is 23.5. The minimum absolute atomic E-state index is 0.0443. The van der Waals surface area contributed by atoms with Crippen LogP contribution in [-0.4, -0.2) is 65.0 Å². The molecule has 2 aromatic carbocycles. The third-order valence-electron chi connectivity index (χ3n) is 7.18. The maximum absolute atomic E-state index is 13.0. The number of H-pyrrole nitrogens is 1. The Balaban J connectivity index is 1.49. The lowest BCUT2D eigenvalue weighted by Crippen LogP contribution is -2.63. The fourth-order valence-corrected chi connectivity index (χ4v) is 5.14. The number of aromatic amines is 1. The van der Waals surface area contributed by atoms with Crippen LogP contribution in [0, 0.1) is 6.92 Å². The van der Waals surface area contributed by atoms with Gasteiger partial charge in [-0.05, 0) is 51.5 Å². The topological polar surface area (TPSA) is 152 Å². The van der Waals surface area contributed by atoms with E-state index in [2.05, 4.69) is 10.3 Å². The Bertz CT molecular complexity index is 1610. The molecule has 41 heavy (non-hydrogen) atoms. The number of ether oxygens (including phenoxy) is 4. The van der Waals surface area contributed by atoms with E-state index in [0.29, 0.717) is 35.4 Å². The number of para-hydroxylation sites is 1. The van der Waals surface area contributed by atoms with Crippen LogP contribution >= 0.6 is 0 Å². The van der Waals surface area contributed by atoms with Gasteiger partial charge >= 0.3 is 5.63 Å². The molecule has 0 spiro atoms. The smallest absolute Gasteiger partial charge is 0.360 e. The predicted octanol–water partition coefficient (Wildman–Crippen LogP) is 3.87. The van der Waals surface area contributed by atoms with Crippen molar-refractivity contribution in [1.29, 1.82) is 0 Å². The van der Waals surface area contributed by atoms with Crippen LogP contribution in [0.5, 0.6) is 11.5 Å². The van der Waals surface area contributed by atoms with Crippen LogP contribution in [0.3, 0.4) is 0 Å². The van der Waals surface area contributed by atoms with E-state index in [9.17, 15) is 19.8 Å². The van der Waals surface area contributed by atoms with Crippen molar-refractivity contribution in [1.82, 2.24) is 4.98 Å². The predicted molar refractivity (Wildman–Crippen MR) is 152 cm³/mol. The van der Waals surface area contributed by atoms with E-state index in [0.717, 1.165) is 10.9 Å². The summed E-state index contributed by atoms with van der Waals surface area (Å²) >= 11 is 0. The van der Waals surface area contributed by atoms with Gasteiger partial charge in [0.1, 0.15) is 35.3 Å². The highest BCUT2D eigenvalue weighted by molar-refractivity contribution is 6.06. The molecule has 5 rings (SSSR count). The van der Waals surface area contributed by atoms with Crippen molar-refractivity contribution in [2.45, 2.75) is 64.3 Å². The van der Waals surface area contributed by atoms with E-state index >= 15 is 0 Å². The van der Waals surface area contributed by atoms with Crippen molar-refractivity contribution in [2.24, 2.45) is 0 Å². The second kappa shape index (κ2) is 11.2. The van der Waals surface area contributed by atoms with Gasteiger partial charge in [0.25, 0.3) is 5.91 Å². The first-order valence-electron chi connectivity index (χ1n) is 13.4. The zero-order valence-electron chi connectivity index (χ0n) is 23.5. The van der Waals surface area contributed by atoms with Gasteiger partial charge in [0.05, 0.1) is 12.2 Å². The molecule has 0 saturated carbocycles. The van der Waals surface area contributed by atoms with Crippen molar-refractivity contribution in [2.75, 3.05) is 19.0 Å². The van der Waals surface area contributed by atoms with Crippen LogP contribution in [0.1, 0.15) is 43.2 Å². The maximum atomic E-state index is 13.0. The molecule has 11 heteroatoms. The van der Waals surface area contributed by atoms with Gasteiger partial charge < -0.3 is 43.9 Å². The van der Waals surface area contributed by atoms with Crippen LogP contribution in [0.25, 0.3) is 21.9 Å². The van der Waals surface area contributed by atoms with E-state index < -0.39 is 41.7 Å². The van der Waals surface area contributed by atoms with Crippen molar-refractivity contribution in [3.8, 4) is 11.5 Å². The third-order valence-corrected chi connectivity index (χ3v) is 7.18. The fraction of sp³-hybridized carbons (Fsp3) is 0.400. The Morgan fingerprint density at radius 2 is 1.88 bits per heavy atom. The van der Waals surface area contributed by atoms with E-state index in [1.54, 1.807) is 32.9 Å². The number of fused-ring (bicyclic) bond motifs is 2. The van der Waals surface area contributed by atoms with E-state index in [-0.39, 0.29) is 17.0 Å². The highest BCUT2D eigenvalue weighted by Crippen LogP contribution is 2.41. The molecule has 0 radical (unpaired) electrons. The Kier molecular flexibility index (Phi) is 7.80. The average Bonchev–Trinajstić information content (AvgIpc) is 3.38. The molecule has 3 heterocycles. The second-order valence-corrected chi connectivity index (χ2v) is 10.6. The van der Waals surface area contributed by atoms with Gasteiger partial charge in [-0.1, -0.05) is 25.1 Å². The van der Waals surface area contributed by atoms with Gasteiger partial charge in [-0.2, -0.15) is 0 Å². The number of aryl methyl sites for hydroxylation is 1. The lowest BCUT2D eigenvalue weighted by atomic mass is 9.89. The molecular formula is C30H34N2O9. The number of nitrogens with one attached hydrogen (secondary N) is 2. The van der Waals surface area contributed by atoms with Crippen molar-refractivity contribution >= 4 is 33.5 Å². The number of anilines is 1. The molecule has 1 saturated heterocycles. The molecule has 218 valence electrons. The van der Waals surface area contributed by atoms with Gasteiger partial charge in [0, 0.05) is 29.0 Å². The van der Waals surface area contributed by atoms with E-state index in [1.165, 1.54) is 13.2 Å². The lowest BCUT2D eigenvalue weighted by Gasteiger charge is -2.46. The summed E-state index contributed by atoms with van der Waals surface area (Å²) in [5.74, 6) is 0.00776. The van der Waals surface area contributed by atoms with Gasteiger partial charge in [-0.25, -0.2) is 4.79 Å². The van der Waals surface area contributed by atoms with Crippen LogP contribution in [0.2, 0.25) is 0 Å². The lowest BCUT2D eigenvalue weighted by molar-refractivity contribution is -0.306. The average molecular weight is 567 g/mol. The van der Waals surface area contributed by atoms with Crippen molar-refractivity contribution in [3.63, 3.8) is 0 Å². The normalized spacial score (nSPS) is 22.1. The van der Waals surface area contributed by atoms with Crippen molar-refractivity contribution in [3.05, 3.63) is 64.1 Å². The number of carbonyl (C=O) groups is 1. The third kappa shape index (κ3) is 5.41. The van der Waals surface area contributed by atoms with Gasteiger partial charge in [0.15, 0.2) is 11.5 Å². The molecule has 3 unspecified atom stereocenters.